The molecule has 1 atom stereocenters. The number of anilines is 1. The van der Waals surface area contributed by atoms with Crippen molar-refractivity contribution in [3.05, 3.63) is 71.6 Å². The summed E-state index contributed by atoms with van der Waals surface area (Å²) < 4.78 is 52.6. The fraction of sp³-hybridized carbons (Fsp3) is 0.211. The van der Waals surface area contributed by atoms with Crippen molar-refractivity contribution in [3.63, 3.8) is 0 Å². The van der Waals surface area contributed by atoms with E-state index in [0.29, 0.717) is 34.5 Å². The highest BCUT2D eigenvalue weighted by molar-refractivity contribution is 5.80. The van der Waals surface area contributed by atoms with Gasteiger partial charge in [0, 0.05) is 5.56 Å². The van der Waals surface area contributed by atoms with Gasteiger partial charge in [0.1, 0.15) is 5.82 Å². The van der Waals surface area contributed by atoms with Crippen molar-refractivity contribution in [2.24, 2.45) is 0 Å². The van der Waals surface area contributed by atoms with Crippen molar-refractivity contribution >= 4 is 17.0 Å². The van der Waals surface area contributed by atoms with Crippen LogP contribution in [0.5, 0.6) is 0 Å². The van der Waals surface area contributed by atoms with Crippen molar-refractivity contribution in [2.75, 3.05) is 5.32 Å². The molecule has 7 heteroatoms. The summed E-state index contributed by atoms with van der Waals surface area (Å²) >= 11 is 0. The standard InChI is InChI=1S/C19H17F4N3/c1-3-5-15(12-6-4-7-13(10-12)19(21,22)23)24-18-25-16-9-8-14(20)11(2)17(16)26-18/h3-4,6-10,15H,1,5H2,2H3,(H2,24,25,26). The Labute approximate surface area is 147 Å². The molecule has 0 aliphatic carbocycles. The van der Waals surface area contributed by atoms with Gasteiger partial charge in [-0.25, -0.2) is 9.37 Å². The van der Waals surface area contributed by atoms with Crippen molar-refractivity contribution in [1.82, 2.24) is 9.97 Å². The number of benzene rings is 2. The Morgan fingerprint density at radius 1 is 1.27 bits per heavy atom. The minimum atomic E-state index is -4.41. The van der Waals surface area contributed by atoms with Gasteiger partial charge in [0.2, 0.25) is 5.95 Å². The number of aryl methyl sites for hydroxylation is 1. The highest BCUT2D eigenvalue weighted by Gasteiger charge is 2.31. The molecule has 0 saturated heterocycles. The maximum absolute atomic E-state index is 13.7. The van der Waals surface area contributed by atoms with Gasteiger partial charge in [-0.05, 0) is 43.2 Å². The zero-order valence-electron chi connectivity index (χ0n) is 14.0. The summed E-state index contributed by atoms with van der Waals surface area (Å²) in [5.74, 6) is -0.00553. The van der Waals surface area contributed by atoms with E-state index in [0.717, 1.165) is 12.1 Å². The molecule has 0 aliphatic heterocycles. The van der Waals surface area contributed by atoms with E-state index in [9.17, 15) is 17.6 Å². The van der Waals surface area contributed by atoms with Crippen molar-refractivity contribution < 1.29 is 17.6 Å². The van der Waals surface area contributed by atoms with Crippen LogP contribution in [0.1, 0.15) is 29.2 Å². The number of fused-ring (bicyclic) bond motifs is 1. The van der Waals surface area contributed by atoms with Gasteiger partial charge in [-0.3, -0.25) is 0 Å². The summed E-state index contributed by atoms with van der Waals surface area (Å²) in [6.07, 6.45) is -2.40. The van der Waals surface area contributed by atoms with Gasteiger partial charge in [-0.1, -0.05) is 18.2 Å². The number of nitrogens with zero attached hydrogens (tertiary/aromatic N) is 1. The Bertz CT molecular complexity index is 944. The Kier molecular flexibility index (Phi) is 4.71. The lowest BCUT2D eigenvalue weighted by Crippen LogP contribution is -2.13. The number of hydrogen-bond acceptors (Lipinski definition) is 2. The van der Waals surface area contributed by atoms with Crippen LogP contribution in [0.15, 0.2) is 49.1 Å². The molecule has 0 bridgehead atoms. The van der Waals surface area contributed by atoms with Crippen molar-refractivity contribution in [3.8, 4) is 0 Å². The smallest absolute Gasteiger partial charge is 0.349 e. The number of rotatable bonds is 5. The van der Waals surface area contributed by atoms with E-state index in [4.69, 9.17) is 0 Å². The van der Waals surface area contributed by atoms with E-state index in [1.54, 1.807) is 25.1 Å². The van der Waals surface area contributed by atoms with Gasteiger partial charge in [0.15, 0.2) is 0 Å². The molecule has 0 spiro atoms. The molecule has 0 radical (unpaired) electrons. The molecule has 1 heterocycles. The number of halogens is 4. The maximum Gasteiger partial charge on any atom is 0.416 e. The summed E-state index contributed by atoms with van der Waals surface area (Å²) in [5.41, 5.74) is 1.28. The Hall–Kier alpha value is -2.83. The average molecular weight is 363 g/mol. The quantitative estimate of drug-likeness (QED) is 0.447. The van der Waals surface area contributed by atoms with Crippen LogP contribution in [0.25, 0.3) is 11.0 Å². The summed E-state index contributed by atoms with van der Waals surface area (Å²) in [7, 11) is 0. The SMILES string of the molecule is C=CCC(Nc1nc2c(C)c(F)ccc2[nH]1)c1cccc(C(F)(F)F)c1. The third-order valence-electron chi connectivity index (χ3n) is 4.17. The second-order valence-electron chi connectivity index (χ2n) is 6.00. The largest absolute Gasteiger partial charge is 0.416 e. The molecule has 1 aromatic heterocycles. The second-order valence-corrected chi connectivity index (χ2v) is 6.00. The third-order valence-corrected chi connectivity index (χ3v) is 4.17. The van der Waals surface area contributed by atoms with E-state index >= 15 is 0 Å². The van der Waals surface area contributed by atoms with E-state index in [2.05, 4.69) is 21.9 Å². The predicted molar refractivity (Wildman–Crippen MR) is 93.4 cm³/mol. The molecule has 26 heavy (non-hydrogen) atoms. The molecule has 3 nitrogen and oxygen atoms in total. The number of imidazole rings is 1. The molecule has 136 valence electrons. The molecule has 1 unspecified atom stereocenters. The first-order chi connectivity index (χ1) is 12.3. The van der Waals surface area contributed by atoms with E-state index in [1.807, 2.05) is 0 Å². The van der Waals surface area contributed by atoms with Gasteiger partial charge in [0.25, 0.3) is 0 Å². The Morgan fingerprint density at radius 2 is 2.04 bits per heavy atom. The minimum Gasteiger partial charge on any atom is -0.349 e. The number of aromatic amines is 1. The van der Waals surface area contributed by atoms with Crippen LogP contribution >= 0.6 is 0 Å². The summed E-state index contributed by atoms with van der Waals surface area (Å²) in [6.45, 7) is 5.29. The zero-order chi connectivity index (χ0) is 18.9. The van der Waals surface area contributed by atoms with Gasteiger partial charge < -0.3 is 10.3 Å². The monoisotopic (exact) mass is 363 g/mol. The molecular weight excluding hydrogens is 346 g/mol. The molecule has 3 aromatic rings. The average Bonchev–Trinajstić information content (AvgIpc) is 3.01. The van der Waals surface area contributed by atoms with Gasteiger partial charge >= 0.3 is 6.18 Å². The zero-order valence-corrected chi connectivity index (χ0v) is 14.0. The van der Waals surface area contributed by atoms with Crippen LogP contribution in [0.3, 0.4) is 0 Å². The highest BCUT2D eigenvalue weighted by Crippen LogP contribution is 2.32. The molecule has 2 N–H and O–H groups in total. The number of aromatic nitrogens is 2. The molecule has 0 amide bonds. The highest BCUT2D eigenvalue weighted by atomic mass is 19.4. The second kappa shape index (κ2) is 6.82. The van der Waals surface area contributed by atoms with Crippen molar-refractivity contribution in [1.29, 1.82) is 0 Å². The minimum absolute atomic E-state index is 0.359. The van der Waals surface area contributed by atoms with Crippen LogP contribution in [-0.4, -0.2) is 9.97 Å². The molecule has 0 saturated carbocycles. The van der Waals surface area contributed by atoms with Gasteiger partial charge in [-0.2, -0.15) is 13.2 Å². The first-order valence-electron chi connectivity index (χ1n) is 7.99. The molecule has 2 aromatic carbocycles. The molecule has 0 fully saturated rings. The molecule has 3 rings (SSSR count). The van der Waals surface area contributed by atoms with Crippen LogP contribution in [0.2, 0.25) is 0 Å². The Morgan fingerprint density at radius 3 is 2.73 bits per heavy atom. The number of H-pyrrole nitrogens is 1. The Balaban J connectivity index is 1.94. The lowest BCUT2D eigenvalue weighted by molar-refractivity contribution is -0.137. The van der Waals surface area contributed by atoms with E-state index < -0.39 is 17.8 Å². The first-order valence-corrected chi connectivity index (χ1v) is 7.99. The van der Waals surface area contributed by atoms with E-state index in [1.165, 1.54) is 12.1 Å². The van der Waals surface area contributed by atoms with E-state index in [-0.39, 0.29) is 5.82 Å². The molecular formula is C19H17F4N3. The first kappa shape index (κ1) is 18.0. The van der Waals surface area contributed by atoms with Crippen LogP contribution < -0.4 is 5.32 Å². The van der Waals surface area contributed by atoms with Crippen LogP contribution in [-0.2, 0) is 6.18 Å². The summed E-state index contributed by atoms with van der Waals surface area (Å²) in [5, 5.41) is 3.08. The number of hydrogen-bond donors (Lipinski definition) is 2. The normalized spacial score (nSPS) is 13.0. The van der Waals surface area contributed by atoms with Gasteiger partial charge in [0.05, 0.1) is 22.6 Å². The summed E-state index contributed by atoms with van der Waals surface area (Å²) in [4.78, 5) is 7.35. The van der Waals surface area contributed by atoms with Crippen molar-refractivity contribution in [2.45, 2.75) is 25.6 Å². The maximum atomic E-state index is 13.7. The third kappa shape index (κ3) is 3.56. The lowest BCUT2D eigenvalue weighted by Gasteiger charge is -2.18. The van der Waals surface area contributed by atoms with Gasteiger partial charge in [-0.15, -0.1) is 6.58 Å². The number of nitrogens with one attached hydrogen (secondary N) is 2. The van der Waals surface area contributed by atoms with Crippen LogP contribution in [0, 0.1) is 12.7 Å². The number of alkyl halides is 3. The fourth-order valence-electron chi connectivity index (χ4n) is 2.80. The molecule has 0 aliphatic rings. The van der Waals surface area contributed by atoms with Crippen LogP contribution in [0.4, 0.5) is 23.5 Å². The predicted octanol–water partition coefficient (Wildman–Crippen LogP) is 5.76. The topological polar surface area (TPSA) is 40.7 Å². The lowest BCUT2D eigenvalue weighted by atomic mass is 10.0. The summed E-state index contributed by atoms with van der Waals surface area (Å²) in [6, 6.07) is 7.57. The fourth-order valence-corrected chi connectivity index (χ4v) is 2.80.